The van der Waals surface area contributed by atoms with Gasteiger partial charge >= 0.3 is 0 Å². The molecule has 2 rings (SSSR count). The van der Waals surface area contributed by atoms with Crippen LogP contribution in [0.2, 0.25) is 0 Å². The molecular formula is C13H24N4O3S. The van der Waals surface area contributed by atoms with E-state index in [1.54, 1.807) is 11.8 Å². The summed E-state index contributed by atoms with van der Waals surface area (Å²) in [5.74, 6) is 0.518. The molecule has 1 aliphatic rings. The smallest absolute Gasteiger partial charge is 0.248 e. The van der Waals surface area contributed by atoms with Gasteiger partial charge in [0.2, 0.25) is 10.0 Å². The van der Waals surface area contributed by atoms with Gasteiger partial charge in [-0.2, -0.15) is 9.40 Å². The van der Waals surface area contributed by atoms with Crippen molar-refractivity contribution >= 4 is 15.8 Å². The van der Waals surface area contributed by atoms with Crippen LogP contribution in [0.1, 0.15) is 26.2 Å². The number of anilines is 1. The number of hydrogen-bond donors (Lipinski definition) is 1. The Morgan fingerprint density at radius 2 is 2.10 bits per heavy atom. The van der Waals surface area contributed by atoms with Crippen molar-refractivity contribution in [1.29, 1.82) is 0 Å². The Morgan fingerprint density at radius 3 is 2.67 bits per heavy atom. The van der Waals surface area contributed by atoms with Crippen molar-refractivity contribution in [1.82, 2.24) is 14.1 Å². The number of sulfonamides is 1. The minimum absolute atomic E-state index is 0.0856. The van der Waals surface area contributed by atoms with Crippen LogP contribution in [0.4, 0.5) is 5.82 Å². The first kappa shape index (κ1) is 16.3. The predicted octanol–water partition coefficient (Wildman–Crippen LogP) is 0.922. The molecule has 0 bridgehead atoms. The second kappa shape index (κ2) is 6.76. The SMILES string of the molecule is CCCn1cc(S(=O)(=O)N2CCC(COC)CC2)c(N)n1. The third-order valence-electron chi connectivity index (χ3n) is 3.80. The molecule has 0 spiro atoms. The summed E-state index contributed by atoms with van der Waals surface area (Å²) in [6, 6.07) is 0. The van der Waals surface area contributed by atoms with E-state index >= 15 is 0 Å². The lowest BCUT2D eigenvalue weighted by Gasteiger charge is -2.30. The fourth-order valence-electron chi connectivity index (χ4n) is 2.65. The molecule has 0 aromatic carbocycles. The number of aryl methyl sites for hydroxylation is 1. The van der Waals surface area contributed by atoms with E-state index in [1.165, 1.54) is 10.5 Å². The largest absolute Gasteiger partial charge is 0.384 e. The Hall–Kier alpha value is -1.12. The van der Waals surface area contributed by atoms with E-state index < -0.39 is 10.0 Å². The third kappa shape index (κ3) is 3.56. The molecule has 1 aromatic heterocycles. The van der Waals surface area contributed by atoms with Crippen molar-refractivity contribution < 1.29 is 13.2 Å². The van der Waals surface area contributed by atoms with E-state index in [2.05, 4.69) is 5.10 Å². The second-order valence-corrected chi connectivity index (χ2v) is 7.35. The topological polar surface area (TPSA) is 90.5 Å². The summed E-state index contributed by atoms with van der Waals surface area (Å²) in [5, 5.41) is 4.07. The standard InChI is InChI=1S/C13H24N4O3S/c1-3-6-16-9-12(13(14)15-16)21(18,19)17-7-4-11(5-8-17)10-20-2/h9,11H,3-8,10H2,1-2H3,(H2,14,15). The molecule has 2 N–H and O–H groups in total. The lowest BCUT2D eigenvalue weighted by Crippen LogP contribution is -2.39. The zero-order valence-electron chi connectivity index (χ0n) is 12.7. The molecule has 8 heteroatoms. The summed E-state index contributed by atoms with van der Waals surface area (Å²) >= 11 is 0. The van der Waals surface area contributed by atoms with E-state index in [9.17, 15) is 8.42 Å². The van der Waals surface area contributed by atoms with Gasteiger partial charge in [0.05, 0.1) is 0 Å². The summed E-state index contributed by atoms with van der Waals surface area (Å²) in [5.41, 5.74) is 5.78. The molecule has 2 heterocycles. The maximum absolute atomic E-state index is 12.7. The Labute approximate surface area is 126 Å². The highest BCUT2D eigenvalue weighted by Crippen LogP contribution is 2.26. The molecule has 0 radical (unpaired) electrons. The van der Waals surface area contributed by atoms with E-state index in [4.69, 9.17) is 10.5 Å². The number of hydrogen-bond acceptors (Lipinski definition) is 5. The van der Waals surface area contributed by atoms with Crippen LogP contribution in [-0.2, 0) is 21.3 Å². The summed E-state index contributed by atoms with van der Waals surface area (Å²) in [4.78, 5) is 0.126. The van der Waals surface area contributed by atoms with E-state index in [-0.39, 0.29) is 10.7 Å². The number of nitrogen functional groups attached to an aromatic ring is 1. The number of aromatic nitrogens is 2. The molecule has 0 atom stereocenters. The zero-order chi connectivity index (χ0) is 15.5. The number of piperidine rings is 1. The quantitative estimate of drug-likeness (QED) is 0.843. The highest BCUT2D eigenvalue weighted by atomic mass is 32.2. The van der Waals surface area contributed by atoms with Crippen molar-refractivity contribution in [2.24, 2.45) is 5.92 Å². The Balaban J connectivity index is 2.12. The van der Waals surface area contributed by atoms with Gasteiger partial charge in [-0.25, -0.2) is 8.42 Å². The molecule has 7 nitrogen and oxygen atoms in total. The average Bonchev–Trinajstić information content (AvgIpc) is 2.82. The zero-order valence-corrected chi connectivity index (χ0v) is 13.5. The van der Waals surface area contributed by atoms with Crippen molar-refractivity contribution in [2.75, 3.05) is 32.5 Å². The molecule has 0 saturated carbocycles. The van der Waals surface area contributed by atoms with Gasteiger partial charge in [-0.1, -0.05) is 6.92 Å². The minimum atomic E-state index is -3.54. The van der Waals surface area contributed by atoms with Crippen LogP contribution in [0, 0.1) is 5.92 Å². The number of rotatable bonds is 6. The first-order valence-electron chi connectivity index (χ1n) is 7.31. The first-order valence-corrected chi connectivity index (χ1v) is 8.75. The van der Waals surface area contributed by atoms with Crippen LogP contribution in [-0.4, -0.2) is 49.3 Å². The fraction of sp³-hybridized carbons (Fsp3) is 0.769. The van der Waals surface area contributed by atoms with Crippen molar-refractivity contribution in [2.45, 2.75) is 37.6 Å². The van der Waals surface area contributed by atoms with Gasteiger partial charge in [0.1, 0.15) is 4.90 Å². The Bertz CT molecular complexity index is 562. The van der Waals surface area contributed by atoms with E-state index in [0.717, 1.165) is 19.3 Å². The predicted molar refractivity (Wildman–Crippen MR) is 80.3 cm³/mol. The minimum Gasteiger partial charge on any atom is -0.384 e. The summed E-state index contributed by atoms with van der Waals surface area (Å²) < 4.78 is 33.5. The number of ether oxygens (including phenoxy) is 1. The average molecular weight is 316 g/mol. The Morgan fingerprint density at radius 1 is 1.43 bits per heavy atom. The molecule has 0 unspecified atom stereocenters. The Kier molecular flexibility index (Phi) is 5.23. The van der Waals surface area contributed by atoms with E-state index in [1.807, 2.05) is 6.92 Å². The van der Waals surface area contributed by atoms with Gasteiger partial charge in [0.15, 0.2) is 5.82 Å². The summed E-state index contributed by atoms with van der Waals surface area (Å²) in [6.07, 6.45) is 4.05. The highest BCUT2D eigenvalue weighted by molar-refractivity contribution is 7.89. The van der Waals surface area contributed by atoms with Crippen LogP contribution in [0.5, 0.6) is 0 Å². The van der Waals surface area contributed by atoms with Crippen molar-refractivity contribution in [3.8, 4) is 0 Å². The second-order valence-electron chi connectivity index (χ2n) is 5.44. The van der Waals surface area contributed by atoms with Gasteiger partial charge < -0.3 is 10.5 Å². The van der Waals surface area contributed by atoms with Gasteiger partial charge in [0, 0.05) is 39.5 Å². The van der Waals surface area contributed by atoms with Crippen LogP contribution in [0.3, 0.4) is 0 Å². The monoisotopic (exact) mass is 316 g/mol. The number of methoxy groups -OCH3 is 1. The third-order valence-corrected chi connectivity index (χ3v) is 5.72. The van der Waals surface area contributed by atoms with Crippen LogP contribution in [0.15, 0.2) is 11.1 Å². The fourth-order valence-corrected chi connectivity index (χ4v) is 4.18. The maximum Gasteiger partial charge on any atom is 0.248 e. The molecule has 1 saturated heterocycles. The van der Waals surface area contributed by atoms with Crippen LogP contribution in [0.25, 0.3) is 0 Å². The first-order chi connectivity index (χ1) is 9.98. The van der Waals surface area contributed by atoms with Gasteiger partial charge in [-0.05, 0) is 25.2 Å². The summed E-state index contributed by atoms with van der Waals surface area (Å²) in [6.45, 7) is 4.37. The van der Waals surface area contributed by atoms with Crippen molar-refractivity contribution in [3.05, 3.63) is 6.20 Å². The number of nitrogens with two attached hydrogens (primary N) is 1. The molecule has 0 amide bonds. The van der Waals surface area contributed by atoms with Gasteiger partial charge in [-0.3, -0.25) is 4.68 Å². The molecule has 0 aliphatic carbocycles. The molecule has 120 valence electrons. The van der Waals surface area contributed by atoms with Crippen LogP contribution >= 0.6 is 0 Å². The highest BCUT2D eigenvalue weighted by Gasteiger charge is 2.32. The van der Waals surface area contributed by atoms with E-state index in [0.29, 0.717) is 32.2 Å². The molecule has 1 aliphatic heterocycles. The van der Waals surface area contributed by atoms with Crippen LogP contribution < -0.4 is 5.73 Å². The molecule has 1 aromatic rings. The lowest BCUT2D eigenvalue weighted by atomic mass is 9.99. The van der Waals surface area contributed by atoms with Crippen molar-refractivity contribution in [3.63, 3.8) is 0 Å². The van der Waals surface area contributed by atoms with Gasteiger partial charge in [-0.15, -0.1) is 0 Å². The molecule has 21 heavy (non-hydrogen) atoms. The normalized spacial score (nSPS) is 18.2. The lowest BCUT2D eigenvalue weighted by molar-refractivity contribution is 0.121. The summed E-state index contributed by atoms with van der Waals surface area (Å²) in [7, 11) is -1.87. The molecule has 1 fully saturated rings. The maximum atomic E-state index is 12.7. The number of nitrogens with zero attached hydrogens (tertiary/aromatic N) is 3. The van der Waals surface area contributed by atoms with Gasteiger partial charge in [0.25, 0.3) is 0 Å². The molecular weight excluding hydrogens is 292 g/mol.